The number of aliphatic hydroxyl groups is 1. The predicted octanol–water partition coefficient (Wildman–Crippen LogP) is 1.96. The molecular formula is C22H26N4O3S. The number of hydrogen-bond acceptors (Lipinski definition) is 6. The van der Waals surface area contributed by atoms with E-state index >= 15 is 0 Å². The van der Waals surface area contributed by atoms with Crippen molar-refractivity contribution >= 4 is 27.5 Å². The van der Waals surface area contributed by atoms with E-state index in [1.54, 1.807) is 10.9 Å². The van der Waals surface area contributed by atoms with E-state index in [4.69, 9.17) is 5.11 Å². The van der Waals surface area contributed by atoms with Crippen LogP contribution in [0.25, 0.3) is 21.3 Å². The number of β-amino-alcohol motifs (C(OH)–C–C–N with tert-alkyl or cyclic N) is 1. The molecule has 158 valence electrons. The van der Waals surface area contributed by atoms with Gasteiger partial charge in [0.1, 0.15) is 4.83 Å². The Kier molecular flexibility index (Phi) is 6.26. The van der Waals surface area contributed by atoms with Crippen molar-refractivity contribution in [3.8, 4) is 11.1 Å². The Bertz CT molecular complexity index is 1080. The first-order valence-electron chi connectivity index (χ1n) is 10.2. The zero-order valence-electron chi connectivity index (χ0n) is 17.1. The summed E-state index contributed by atoms with van der Waals surface area (Å²) in [5, 5.41) is 9.67. The Morgan fingerprint density at radius 1 is 1.13 bits per heavy atom. The number of amides is 1. The lowest BCUT2D eigenvalue weighted by atomic mass is 10.0. The van der Waals surface area contributed by atoms with Gasteiger partial charge in [0.25, 0.3) is 5.56 Å². The van der Waals surface area contributed by atoms with Crippen molar-refractivity contribution in [2.75, 3.05) is 39.3 Å². The number of aliphatic hydroxyl groups excluding tert-OH is 1. The highest BCUT2D eigenvalue weighted by atomic mass is 32.1. The number of carbonyl (C=O) groups excluding carboxylic acids is 1. The second-order valence-electron chi connectivity index (χ2n) is 7.52. The van der Waals surface area contributed by atoms with Gasteiger partial charge in [-0.15, -0.1) is 11.3 Å². The maximum absolute atomic E-state index is 13.2. The lowest BCUT2D eigenvalue weighted by Gasteiger charge is -2.34. The van der Waals surface area contributed by atoms with Crippen LogP contribution in [0.4, 0.5) is 0 Å². The summed E-state index contributed by atoms with van der Waals surface area (Å²) in [4.78, 5) is 36.1. The van der Waals surface area contributed by atoms with Crippen LogP contribution in [0.15, 0.2) is 41.5 Å². The second kappa shape index (κ2) is 9.07. The third kappa shape index (κ3) is 4.16. The fourth-order valence-electron chi connectivity index (χ4n) is 3.99. The standard InChI is InChI=1S/C22H26N4O3S/c1-16-19(17-5-3-2-4-6-17)20-21(30-16)23-15-26(22(20)29)8-7-18(28)25-11-9-24(10-12-25)13-14-27/h2-6,15,27H,7-14H2,1H3. The molecule has 1 aliphatic heterocycles. The van der Waals surface area contributed by atoms with Crippen LogP contribution in [-0.2, 0) is 11.3 Å². The smallest absolute Gasteiger partial charge is 0.262 e. The number of fused-ring (bicyclic) bond motifs is 1. The lowest BCUT2D eigenvalue weighted by molar-refractivity contribution is -0.133. The molecule has 1 fully saturated rings. The molecule has 8 heteroatoms. The van der Waals surface area contributed by atoms with Crippen molar-refractivity contribution in [1.82, 2.24) is 19.4 Å². The third-order valence-corrected chi connectivity index (χ3v) is 6.64. The Balaban J connectivity index is 1.51. The number of carbonyl (C=O) groups is 1. The molecule has 0 saturated carbocycles. The predicted molar refractivity (Wildman–Crippen MR) is 119 cm³/mol. The van der Waals surface area contributed by atoms with Crippen molar-refractivity contribution < 1.29 is 9.90 Å². The molecule has 0 bridgehead atoms. The number of rotatable bonds is 6. The summed E-state index contributed by atoms with van der Waals surface area (Å²) in [6.07, 6.45) is 1.83. The Morgan fingerprint density at radius 3 is 2.57 bits per heavy atom. The number of piperazine rings is 1. The first-order valence-corrected chi connectivity index (χ1v) is 11.0. The number of nitrogens with zero attached hydrogens (tertiary/aromatic N) is 4. The molecule has 1 aliphatic rings. The average molecular weight is 427 g/mol. The average Bonchev–Trinajstić information content (AvgIpc) is 3.11. The SMILES string of the molecule is Cc1sc2ncn(CCC(=O)N3CCN(CCO)CC3)c(=O)c2c1-c1ccccc1. The molecule has 2 aromatic heterocycles. The minimum absolute atomic E-state index is 0.0513. The zero-order valence-corrected chi connectivity index (χ0v) is 17.9. The topological polar surface area (TPSA) is 78.7 Å². The molecule has 3 heterocycles. The Labute approximate surface area is 179 Å². The van der Waals surface area contributed by atoms with E-state index in [9.17, 15) is 9.59 Å². The van der Waals surface area contributed by atoms with Gasteiger partial charge >= 0.3 is 0 Å². The number of hydrogen-bond donors (Lipinski definition) is 1. The number of thiophene rings is 1. The number of benzene rings is 1. The first kappa shape index (κ1) is 20.7. The molecule has 1 N–H and O–H groups in total. The Hall–Kier alpha value is -2.55. The summed E-state index contributed by atoms with van der Waals surface area (Å²) in [6, 6.07) is 9.90. The summed E-state index contributed by atoms with van der Waals surface area (Å²) in [5.41, 5.74) is 1.85. The van der Waals surface area contributed by atoms with E-state index in [1.165, 1.54) is 11.3 Å². The van der Waals surface area contributed by atoms with Crippen molar-refractivity contribution in [3.05, 3.63) is 51.9 Å². The molecule has 7 nitrogen and oxygen atoms in total. The molecule has 4 rings (SSSR count). The van der Waals surface area contributed by atoms with Gasteiger partial charge in [0, 0.05) is 56.1 Å². The van der Waals surface area contributed by atoms with Crippen LogP contribution in [0.5, 0.6) is 0 Å². The molecule has 1 saturated heterocycles. The van der Waals surface area contributed by atoms with E-state index < -0.39 is 0 Å². The highest BCUT2D eigenvalue weighted by Crippen LogP contribution is 2.35. The van der Waals surface area contributed by atoms with E-state index in [2.05, 4.69) is 9.88 Å². The van der Waals surface area contributed by atoms with E-state index in [0.29, 0.717) is 31.6 Å². The number of aryl methyl sites for hydroxylation is 2. The highest BCUT2D eigenvalue weighted by Gasteiger charge is 2.21. The minimum Gasteiger partial charge on any atom is -0.395 e. The number of aromatic nitrogens is 2. The van der Waals surface area contributed by atoms with Crippen molar-refractivity contribution in [2.24, 2.45) is 0 Å². The van der Waals surface area contributed by atoms with Gasteiger partial charge in [-0.3, -0.25) is 19.1 Å². The highest BCUT2D eigenvalue weighted by molar-refractivity contribution is 7.19. The lowest BCUT2D eigenvalue weighted by Crippen LogP contribution is -2.49. The van der Waals surface area contributed by atoms with Gasteiger partial charge in [-0.05, 0) is 12.5 Å². The van der Waals surface area contributed by atoms with Crippen LogP contribution in [0, 0.1) is 6.92 Å². The second-order valence-corrected chi connectivity index (χ2v) is 8.72. The van der Waals surface area contributed by atoms with Crippen LogP contribution in [0.2, 0.25) is 0 Å². The van der Waals surface area contributed by atoms with E-state index in [-0.39, 0.29) is 24.5 Å². The monoisotopic (exact) mass is 426 g/mol. The quantitative estimate of drug-likeness (QED) is 0.652. The van der Waals surface area contributed by atoms with Gasteiger partial charge in [0.15, 0.2) is 0 Å². The van der Waals surface area contributed by atoms with E-state index in [0.717, 1.165) is 33.9 Å². The van der Waals surface area contributed by atoms with Gasteiger partial charge < -0.3 is 10.0 Å². The van der Waals surface area contributed by atoms with Crippen LogP contribution >= 0.6 is 11.3 Å². The molecule has 1 amide bonds. The summed E-state index contributed by atoms with van der Waals surface area (Å²) >= 11 is 1.53. The van der Waals surface area contributed by atoms with Crippen molar-refractivity contribution in [2.45, 2.75) is 19.9 Å². The summed E-state index contributed by atoms with van der Waals surface area (Å²) in [6.45, 7) is 5.98. The summed E-state index contributed by atoms with van der Waals surface area (Å²) in [7, 11) is 0. The molecule has 0 aliphatic carbocycles. The Morgan fingerprint density at radius 2 is 1.87 bits per heavy atom. The summed E-state index contributed by atoms with van der Waals surface area (Å²) in [5.74, 6) is 0.0513. The van der Waals surface area contributed by atoms with Gasteiger partial charge in [-0.25, -0.2) is 4.98 Å². The van der Waals surface area contributed by atoms with Gasteiger partial charge in [0.2, 0.25) is 5.91 Å². The third-order valence-electron chi connectivity index (χ3n) is 5.63. The first-order chi connectivity index (χ1) is 14.6. The fourth-order valence-corrected chi connectivity index (χ4v) is 4.99. The van der Waals surface area contributed by atoms with E-state index in [1.807, 2.05) is 42.2 Å². The molecule has 0 atom stereocenters. The van der Waals surface area contributed by atoms with Crippen LogP contribution in [0.1, 0.15) is 11.3 Å². The maximum atomic E-state index is 13.2. The zero-order chi connectivity index (χ0) is 21.1. The van der Waals surface area contributed by atoms with Gasteiger partial charge in [-0.2, -0.15) is 0 Å². The maximum Gasteiger partial charge on any atom is 0.262 e. The van der Waals surface area contributed by atoms with Crippen LogP contribution < -0.4 is 5.56 Å². The summed E-state index contributed by atoms with van der Waals surface area (Å²) < 4.78 is 1.56. The normalized spacial score (nSPS) is 15.1. The van der Waals surface area contributed by atoms with Gasteiger partial charge in [0.05, 0.1) is 18.3 Å². The molecule has 3 aromatic rings. The molecule has 0 spiro atoms. The van der Waals surface area contributed by atoms with Crippen LogP contribution in [-0.4, -0.2) is 69.7 Å². The van der Waals surface area contributed by atoms with Crippen molar-refractivity contribution in [1.29, 1.82) is 0 Å². The molecule has 30 heavy (non-hydrogen) atoms. The molecule has 0 unspecified atom stereocenters. The molecule has 1 aromatic carbocycles. The largest absolute Gasteiger partial charge is 0.395 e. The molecule has 0 radical (unpaired) electrons. The molecular weight excluding hydrogens is 400 g/mol. The van der Waals surface area contributed by atoms with Crippen LogP contribution in [0.3, 0.4) is 0 Å². The van der Waals surface area contributed by atoms with Gasteiger partial charge in [-0.1, -0.05) is 30.3 Å². The minimum atomic E-state index is -0.0937. The van der Waals surface area contributed by atoms with Crippen molar-refractivity contribution in [3.63, 3.8) is 0 Å². The fraction of sp³-hybridized carbons (Fsp3) is 0.409.